The summed E-state index contributed by atoms with van der Waals surface area (Å²) < 4.78 is 23.3. The SMILES string of the molecule is Cc1ccc(C(=O)NCCc2c[nH]c3ccccc23)c(C2CCN(C(=O)CN3CCS(=O)(=O)CC3)CC2)n1. The van der Waals surface area contributed by atoms with Gasteiger partial charge in [0.25, 0.3) is 5.91 Å². The topological polar surface area (TPSA) is 115 Å². The van der Waals surface area contributed by atoms with Gasteiger partial charge in [-0.25, -0.2) is 8.42 Å². The van der Waals surface area contributed by atoms with Crippen molar-refractivity contribution in [2.24, 2.45) is 0 Å². The molecule has 2 aliphatic rings. The summed E-state index contributed by atoms with van der Waals surface area (Å²) in [4.78, 5) is 37.9. The van der Waals surface area contributed by atoms with Crippen molar-refractivity contribution < 1.29 is 18.0 Å². The number of sulfone groups is 1. The number of H-pyrrole nitrogens is 1. The van der Waals surface area contributed by atoms with Gasteiger partial charge in [-0.1, -0.05) is 18.2 Å². The molecule has 3 aromatic rings. The zero-order valence-electron chi connectivity index (χ0n) is 21.8. The zero-order valence-corrected chi connectivity index (χ0v) is 22.6. The van der Waals surface area contributed by atoms with Crippen LogP contribution in [0, 0.1) is 6.92 Å². The van der Waals surface area contributed by atoms with Crippen molar-refractivity contribution in [3.05, 3.63) is 65.1 Å². The Morgan fingerprint density at radius 2 is 1.79 bits per heavy atom. The number of aryl methyl sites for hydroxylation is 1. The maximum absolute atomic E-state index is 13.2. The Bertz CT molecular complexity index is 1410. The predicted octanol–water partition coefficient (Wildman–Crippen LogP) is 2.28. The Kier molecular flexibility index (Phi) is 7.80. The smallest absolute Gasteiger partial charge is 0.253 e. The van der Waals surface area contributed by atoms with Crippen LogP contribution in [0.5, 0.6) is 0 Å². The van der Waals surface area contributed by atoms with Gasteiger partial charge >= 0.3 is 0 Å². The van der Waals surface area contributed by atoms with E-state index in [0.717, 1.165) is 36.2 Å². The summed E-state index contributed by atoms with van der Waals surface area (Å²) in [5.74, 6) is 0.261. The summed E-state index contributed by atoms with van der Waals surface area (Å²) in [6.45, 7) is 4.75. The van der Waals surface area contributed by atoms with Crippen LogP contribution >= 0.6 is 0 Å². The van der Waals surface area contributed by atoms with Crippen LogP contribution in [0.15, 0.2) is 42.6 Å². The van der Waals surface area contributed by atoms with Gasteiger partial charge in [-0.2, -0.15) is 0 Å². The van der Waals surface area contributed by atoms with E-state index in [1.165, 1.54) is 10.9 Å². The first-order chi connectivity index (χ1) is 18.3. The van der Waals surface area contributed by atoms with Crippen molar-refractivity contribution in [1.82, 2.24) is 25.1 Å². The molecule has 0 aliphatic carbocycles. The quantitative estimate of drug-likeness (QED) is 0.478. The van der Waals surface area contributed by atoms with Crippen LogP contribution in [-0.4, -0.2) is 90.8 Å². The number of aromatic amines is 1. The molecule has 0 saturated carbocycles. The molecule has 10 heteroatoms. The second-order valence-corrected chi connectivity index (χ2v) is 12.6. The largest absolute Gasteiger partial charge is 0.361 e. The van der Waals surface area contributed by atoms with Gasteiger partial charge < -0.3 is 15.2 Å². The minimum absolute atomic E-state index is 0.0372. The normalized spacial score (nSPS) is 18.5. The van der Waals surface area contributed by atoms with Crippen LogP contribution in [0.2, 0.25) is 0 Å². The van der Waals surface area contributed by atoms with E-state index in [9.17, 15) is 18.0 Å². The lowest BCUT2D eigenvalue weighted by Gasteiger charge is -2.34. The third kappa shape index (κ3) is 6.07. The Morgan fingerprint density at radius 3 is 2.55 bits per heavy atom. The van der Waals surface area contributed by atoms with Gasteiger partial charge in [0.2, 0.25) is 5.91 Å². The highest BCUT2D eigenvalue weighted by Crippen LogP contribution is 2.30. The summed E-state index contributed by atoms with van der Waals surface area (Å²) in [7, 11) is -2.96. The van der Waals surface area contributed by atoms with Gasteiger partial charge in [0.1, 0.15) is 0 Å². The number of aromatic nitrogens is 2. The standard InChI is InChI=1S/C28H35N5O4S/c1-20-6-7-24(28(35)29-11-8-22-18-30-25-5-3-2-4-23(22)25)27(31-20)21-9-12-33(13-10-21)26(34)19-32-14-16-38(36,37)17-15-32/h2-7,18,21,30H,8-17,19H2,1H3,(H,29,35). The molecule has 0 unspecified atom stereocenters. The molecule has 9 nitrogen and oxygen atoms in total. The average molecular weight is 538 g/mol. The number of likely N-dealkylation sites (tertiary alicyclic amines) is 1. The van der Waals surface area contributed by atoms with Gasteiger partial charge in [0, 0.05) is 61.4 Å². The Morgan fingerprint density at radius 1 is 1.05 bits per heavy atom. The van der Waals surface area contributed by atoms with Crippen LogP contribution < -0.4 is 5.32 Å². The number of carbonyl (C=O) groups excluding carboxylic acids is 2. The van der Waals surface area contributed by atoms with Crippen molar-refractivity contribution in [2.45, 2.75) is 32.1 Å². The molecule has 2 saturated heterocycles. The second-order valence-electron chi connectivity index (χ2n) is 10.3. The molecule has 1 aromatic carbocycles. The minimum Gasteiger partial charge on any atom is -0.361 e. The lowest BCUT2D eigenvalue weighted by molar-refractivity contribution is -0.133. The number of nitrogens with one attached hydrogen (secondary N) is 2. The van der Waals surface area contributed by atoms with E-state index in [0.29, 0.717) is 38.3 Å². The first-order valence-corrected chi connectivity index (χ1v) is 15.1. The summed E-state index contributed by atoms with van der Waals surface area (Å²) in [5.41, 5.74) is 4.55. The first kappa shape index (κ1) is 26.4. The third-order valence-electron chi connectivity index (χ3n) is 7.69. The number of nitrogens with zero attached hydrogens (tertiary/aromatic N) is 3. The van der Waals surface area contributed by atoms with Crippen molar-refractivity contribution in [1.29, 1.82) is 0 Å². The van der Waals surface area contributed by atoms with E-state index in [1.807, 2.05) is 53.3 Å². The summed E-state index contributed by atoms with van der Waals surface area (Å²) in [6.07, 6.45) is 4.21. The molecule has 2 aliphatic heterocycles. The third-order valence-corrected chi connectivity index (χ3v) is 9.30. The van der Waals surface area contributed by atoms with Crippen LogP contribution in [0.3, 0.4) is 0 Å². The zero-order chi connectivity index (χ0) is 26.7. The summed E-state index contributed by atoms with van der Waals surface area (Å²) in [6, 6.07) is 11.9. The molecule has 202 valence electrons. The van der Waals surface area contributed by atoms with Crippen molar-refractivity contribution in [3.8, 4) is 0 Å². The molecule has 2 aromatic heterocycles. The Hall–Kier alpha value is -3.24. The number of hydrogen-bond donors (Lipinski definition) is 2. The summed E-state index contributed by atoms with van der Waals surface area (Å²) >= 11 is 0. The second kappa shape index (κ2) is 11.2. The van der Waals surface area contributed by atoms with Gasteiger partial charge in [-0.05, 0) is 49.9 Å². The van der Waals surface area contributed by atoms with Crippen LogP contribution in [0.25, 0.3) is 10.9 Å². The van der Waals surface area contributed by atoms with Gasteiger partial charge in [0.05, 0.1) is 29.3 Å². The van der Waals surface area contributed by atoms with E-state index >= 15 is 0 Å². The number of pyridine rings is 1. The molecule has 2 fully saturated rings. The molecule has 5 rings (SSSR count). The number of fused-ring (bicyclic) bond motifs is 1. The maximum atomic E-state index is 13.2. The highest BCUT2D eigenvalue weighted by atomic mass is 32.2. The molecule has 38 heavy (non-hydrogen) atoms. The molecule has 2 amide bonds. The van der Waals surface area contributed by atoms with Crippen LogP contribution in [0.4, 0.5) is 0 Å². The number of carbonyl (C=O) groups is 2. The predicted molar refractivity (Wildman–Crippen MR) is 147 cm³/mol. The number of hydrogen-bond acceptors (Lipinski definition) is 6. The van der Waals surface area contributed by atoms with E-state index in [4.69, 9.17) is 4.98 Å². The highest BCUT2D eigenvalue weighted by Gasteiger charge is 2.30. The van der Waals surface area contributed by atoms with Crippen molar-refractivity contribution >= 4 is 32.6 Å². The molecule has 0 spiro atoms. The molecule has 4 heterocycles. The fourth-order valence-electron chi connectivity index (χ4n) is 5.43. The van der Waals surface area contributed by atoms with Crippen molar-refractivity contribution in [2.75, 3.05) is 50.8 Å². The fourth-order valence-corrected chi connectivity index (χ4v) is 6.70. The molecule has 2 N–H and O–H groups in total. The van der Waals surface area contributed by atoms with E-state index in [2.05, 4.69) is 16.4 Å². The van der Waals surface area contributed by atoms with Gasteiger partial charge in [-0.3, -0.25) is 19.5 Å². The molecular weight excluding hydrogens is 502 g/mol. The Labute approximate surface area is 223 Å². The first-order valence-electron chi connectivity index (χ1n) is 13.3. The van der Waals surface area contributed by atoms with Crippen LogP contribution in [-0.2, 0) is 21.1 Å². The summed E-state index contributed by atoms with van der Waals surface area (Å²) in [5, 5.41) is 4.25. The van der Waals surface area contributed by atoms with E-state index in [1.54, 1.807) is 0 Å². The van der Waals surface area contributed by atoms with Gasteiger partial charge in [-0.15, -0.1) is 0 Å². The lowest BCUT2D eigenvalue weighted by atomic mass is 9.89. The number of benzene rings is 1. The maximum Gasteiger partial charge on any atom is 0.253 e. The number of rotatable bonds is 7. The molecule has 0 bridgehead atoms. The lowest BCUT2D eigenvalue weighted by Crippen LogP contribution is -2.48. The van der Waals surface area contributed by atoms with E-state index in [-0.39, 0.29) is 35.8 Å². The Balaban J connectivity index is 1.16. The van der Waals surface area contributed by atoms with Crippen molar-refractivity contribution in [3.63, 3.8) is 0 Å². The minimum atomic E-state index is -2.96. The average Bonchev–Trinajstić information content (AvgIpc) is 3.33. The monoisotopic (exact) mass is 537 g/mol. The highest BCUT2D eigenvalue weighted by molar-refractivity contribution is 7.91. The van der Waals surface area contributed by atoms with Gasteiger partial charge in [0.15, 0.2) is 9.84 Å². The number of amides is 2. The fraction of sp³-hybridized carbons (Fsp3) is 0.464. The van der Waals surface area contributed by atoms with E-state index < -0.39 is 9.84 Å². The number of piperidine rings is 1. The molecular formula is C28H35N5O4S. The number of para-hydroxylation sites is 1. The van der Waals surface area contributed by atoms with Crippen LogP contribution in [0.1, 0.15) is 46.1 Å². The molecule has 0 atom stereocenters. The molecule has 0 radical (unpaired) electrons.